The van der Waals surface area contributed by atoms with Gasteiger partial charge >= 0.3 is 51.4 Å². The van der Waals surface area contributed by atoms with E-state index in [1.165, 1.54) is 30.5 Å². The fourth-order valence-corrected chi connectivity index (χ4v) is 4.37. The molecule has 0 bridgehead atoms. The third-order valence-corrected chi connectivity index (χ3v) is 6.37. The summed E-state index contributed by atoms with van der Waals surface area (Å²) in [6.07, 6.45) is 3.13. The van der Waals surface area contributed by atoms with Crippen molar-refractivity contribution in [3.05, 3.63) is 81.1 Å². The molecule has 0 aliphatic rings. The van der Waals surface area contributed by atoms with Gasteiger partial charge in [0.25, 0.3) is 0 Å². The molecule has 1 aromatic heterocycles. The molecule has 0 N–H and O–H groups in total. The smallest absolute Gasteiger partial charge is 0.537 e. The fourth-order valence-electron chi connectivity index (χ4n) is 2.42. The topological polar surface area (TPSA) is 78.2 Å². The molecule has 144 valence electrons. The van der Waals surface area contributed by atoms with Gasteiger partial charge in [-0.1, -0.05) is 41.4 Å². The predicted molar refractivity (Wildman–Crippen MR) is 113 cm³/mol. The SMILES string of the molecule is CSc1ccccc1-c1ccc(S(=O)(=O)[N-]C(=O)c2ccc(Cl)cc2Cl)cn1.[K+]. The van der Waals surface area contributed by atoms with Gasteiger partial charge in [0.2, 0.25) is 0 Å². The van der Waals surface area contributed by atoms with Crippen molar-refractivity contribution in [3.8, 4) is 11.3 Å². The standard InChI is InChI=1S/C19H14Cl2N2O3S2.K/c1-27-18-5-3-2-4-15(18)17-9-7-13(11-22-17)28(25,26)23-19(24)14-8-6-12(20)10-16(14)21;/h2-11H,1H3,(H,23,24);/q;+1/p-1. The summed E-state index contributed by atoms with van der Waals surface area (Å²) in [5.41, 5.74) is 1.46. The average Bonchev–Trinajstić information content (AvgIpc) is 2.67. The molecular weight excluding hydrogens is 478 g/mol. The number of carbonyl (C=O) groups excluding carboxylic acids is 1. The Bertz CT molecular complexity index is 1140. The Hall–Kier alpha value is -0.424. The van der Waals surface area contributed by atoms with Crippen LogP contribution in [0, 0.1) is 0 Å². The van der Waals surface area contributed by atoms with E-state index in [1.54, 1.807) is 17.8 Å². The molecule has 2 aromatic carbocycles. The van der Waals surface area contributed by atoms with Gasteiger partial charge in [0.1, 0.15) is 10.0 Å². The molecule has 0 aliphatic carbocycles. The van der Waals surface area contributed by atoms with Crippen LogP contribution < -0.4 is 51.4 Å². The Morgan fingerprint density at radius 2 is 1.79 bits per heavy atom. The van der Waals surface area contributed by atoms with Crippen LogP contribution in [0.15, 0.2) is 70.6 Å². The summed E-state index contributed by atoms with van der Waals surface area (Å²) in [6.45, 7) is 0. The summed E-state index contributed by atoms with van der Waals surface area (Å²) in [5, 5.41) is 0.355. The van der Waals surface area contributed by atoms with E-state index < -0.39 is 15.9 Å². The van der Waals surface area contributed by atoms with Crippen LogP contribution >= 0.6 is 35.0 Å². The fraction of sp³-hybridized carbons (Fsp3) is 0.0526. The van der Waals surface area contributed by atoms with Gasteiger partial charge in [-0.25, -0.2) is 8.42 Å². The van der Waals surface area contributed by atoms with Crippen molar-refractivity contribution >= 4 is 50.9 Å². The van der Waals surface area contributed by atoms with E-state index >= 15 is 0 Å². The quantitative estimate of drug-likeness (QED) is 0.405. The van der Waals surface area contributed by atoms with E-state index in [0.717, 1.165) is 10.5 Å². The van der Waals surface area contributed by atoms with E-state index in [0.29, 0.717) is 10.7 Å². The Balaban J connectivity index is 0.00000300. The van der Waals surface area contributed by atoms with Crippen LogP contribution in [-0.4, -0.2) is 25.6 Å². The number of aromatic nitrogens is 1. The number of benzene rings is 2. The van der Waals surface area contributed by atoms with Crippen LogP contribution in [0.5, 0.6) is 0 Å². The van der Waals surface area contributed by atoms with E-state index in [9.17, 15) is 13.2 Å². The zero-order valence-corrected chi connectivity index (χ0v) is 21.7. The third kappa shape index (κ3) is 6.06. The van der Waals surface area contributed by atoms with Gasteiger partial charge in [0, 0.05) is 27.2 Å². The molecular formula is C19H13Cl2KN2O3S2. The van der Waals surface area contributed by atoms with Crippen LogP contribution in [-0.2, 0) is 10.0 Å². The number of rotatable bonds is 5. The molecule has 10 heteroatoms. The number of pyridine rings is 1. The number of hydrogen-bond acceptors (Lipinski definition) is 5. The van der Waals surface area contributed by atoms with E-state index in [4.69, 9.17) is 23.2 Å². The minimum atomic E-state index is -4.23. The monoisotopic (exact) mass is 490 g/mol. The first-order valence-corrected chi connectivity index (χ1v) is 11.3. The molecule has 0 aliphatic heterocycles. The number of thioether (sulfide) groups is 1. The Morgan fingerprint density at radius 3 is 2.41 bits per heavy atom. The minimum absolute atomic E-state index is 0. The van der Waals surface area contributed by atoms with Crippen LogP contribution in [0.4, 0.5) is 0 Å². The maximum Gasteiger partial charge on any atom is 1.00 e. The second-order valence-corrected chi connectivity index (χ2v) is 8.87. The van der Waals surface area contributed by atoms with Crippen molar-refractivity contribution in [1.29, 1.82) is 0 Å². The first kappa shape index (κ1) is 24.8. The van der Waals surface area contributed by atoms with Crippen LogP contribution in [0.2, 0.25) is 10.0 Å². The first-order chi connectivity index (χ1) is 13.3. The zero-order valence-electron chi connectivity index (χ0n) is 15.5. The van der Waals surface area contributed by atoms with Crippen LogP contribution in [0.1, 0.15) is 10.4 Å². The van der Waals surface area contributed by atoms with E-state index in [2.05, 4.69) is 9.71 Å². The first-order valence-electron chi connectivity index (χ1n) is 7.88. The number of sulfonamides is 1. The van der Waals surface area contributed by atoms with Crippen molar-refractivity contribution in [2.45, 2.75) is 9.79 Å². The summed E-state index contributed by atoms with van der Waals surface area (Å²) < 4.78 is 28.3. The van der Waals surface area contributed by atoms with Crippen LogP contribution in [0.3, 0.4) is 0 Å². The molecule has 0 saturated carbocycles. The molecule has 1 heterocycles. The van der Waals surface area contributed by atoms with Gasteiger partial charge in [-0.15, -0.1) is 11.8 Å². The molecule has 0 spiro atoms. The maximum atomic E-state index is 12.5. The van der Waals surface area contributed by atoms with E-state index in [-0.39, 0.29) is 66.9 Å². The van der Waals surface area contributed by atoms with Gasteiger partial charge in [-0.05, 0) is 42.7 Å². The van der Waals surface area contributed by atoms with Crippen LogP contribution in [0.25, 0.3) is 16.0 Å². The molecule has 0 radical (unpaired) electrons. The average molecular weight is 491 g/mol. The molecule has 0 saturated heterocycles. The predicted octanol–water partition coefficient (Wildman–Crippen LogP) is 2.68. The van der Waals surface area contributed by atoms with Crippen molar-refractivity contribution in [2.75, 3.05) is 6.26 Å². The van der Waals surface area contributed by atoms with Crippen molar-refractivity contribution in [1.82, 2.24) is 4.98 Å². The third-order valence-electron chi connectivity index (χ3n) is 3.78. The molecule has 0 atom stereocenters. The summed E-state index contributed by atoms with van der Waals surface area (Å²) in [5.74, 6) is -0.974. The number of nitrogens with zero attached hydrogens (tertiary/aromatic N) is 2. The molecule has 0 unspecified atom stereocenters. The van der Waals surface area contributed by atoms with Gasteiger partial charge < -0.3 is 9.52 Å². The molecule has 5 nitrogen and oxygen atoms in total. The Morgan fingerprint density at radius 1 is 1.07 bits per heavy atom. The molecule has 0 fully saturated rings. The van der Waals surface area contributed by atoms with Gasteiger partial charge in [-0.2, -0.15) is 0 Å². The van der Waals surface area contributed by atoms with Crippen molar-refractivity contribution < 1.29 is 64.6 Å². The van der Waals surface area contributed by atoms with E-state index in [1.807, 2.05) is 30.5 Å². The molecule has 3 aromatic rings. The number of hydrogen-bond donors (Lipinski definition) is 0. The molecule has 3 rings (SSSR count). The number of carbonyl (C=O) groups is 1. The normalized spacial score (nSPS) is 10.9. The zero-order chi connectivity index (χ0) is 20.3. The van der Waals surface area contributed by atoms with Gasteiger partial charge in [0.05, 0.1) is 21.5 Å². The molecule has 1 amide bonds. The molecule has 29 heavy (non-hydrogen) atoms. The minimum Gasteiger partial charge on any atom is -0.537 e. The van der Waals surface area contributed by atoms with Crippen molar-refractivity contribution in [3.63, 3.8) is 0 Å². The van der Waals surface area contributed by atoms with Gasteiger partial charge in [-0.3, -0.25) is 4.98 Å². The number of amides is 1. The summed E-state index contributed by atoms with van der Waals surface area (Å²) in [4.78, 5) is 17.3. The largest absolute Gasteiger partial charge is 1.00 e. The second kappa shape index (κ2) is 10.7. The van der Waals surface area contributed by atoms with Crippen molar-refractivity contribution in [2.24, 2.45) is 0 Å². The summed E-state index contributed by atoms with van der Waals surface area (Å²) in [6, 6.07) is 14.7. The Labute approximate surface area is 226 Å². The number of halogens is 2. The van der Waals surface area contributed by atoms with Gasteiger partial charge in [0.15, 0.2) is 0 Å². The second-order valence-electron chi connectivity index (χ2n) is 5.58. The maximum absolute atomic E-state index is 12.5. The summed E-state index contributed by atoms with van der Waals surface area (Å²) in [7, 11) is -4.23. The Kier molecular flexibility index (Phi) is 9.20. The summed E-state index contributed by atoms with van der Waals surface area (Å²) >= 11 is 13.3.